The minimum atomic E-state index is -0.0744. The molecule has 2 fully saturated rings. The van der Waals surface area contributed by atoms with E-state index in [1.165, 1.54) is 17.8 Å². The lowest BCUT2D eigenvalue weighted by atomic mass is 9.67. The van der Waals surface area contributed by atoms with Gasteiger partial charge in [-0.1, -0.05) is 6.92 Å². The summed E-state index contributed by atoms with van der Waals surface area (Å²) in [5.41, 5.74) is 1.09. The first kappa shape index (κ1) is 15.2. The van der Waals surface area contributed by atoms with E-state index in [0.29, 0.717) is 18.4 Å². The molecule has 1 aliphatic heterocycles. The molecule has 0 radical (unpaired) electrons. The average molecular weight is 334 g/mol. The highest BCUT2D eigenvalue weighted by Crippen LogP contribution is 2.56. The second-order valence-electron chi connectivity index (χ2n) is 6.39. The monoisotopic (exact) mass is 334 g/mol. The van der Waals surface area contributed by atoms with E-state index in [4.69, 9.17) is 14.1 Å². The molecule has 1 saturated carbocycles. The molecule has 2 aromatic heterocycles. The van der Waals surface area contributed by atoms with Crippen molar-refractivity contribution in [3.05, 3.63) is 27.9 Å². The number of methoxy groups -OCH3 is 1. The van der Waals surface area contributed by atoms with Gasteiger partial charge in [0.2, 0.25) is 11.8 Å². The van der Waals surface area contributed by atoms with Crippen LogP contribution in [-0.2, 0) is 29.8 Å². The summed E-state index contributed by atoms with van der Waals surface area (Å²) < 4.78 is 11.0. The van der Waals surface area contributed by atoms with Crippen LogP contribution >= 0.6 is 11.3 Å². The van der Waals surface area contributed by atoms with Gasteiger partial charge in [-0.15, -0.1) is 21.5 Å². The maximum absolute atomic E-state index is 5.92. The Hall–Kier alpha value is -1.31. The van der Waals surface area contributed by atoms with Crippen molar-refractivity contribution in [2.45, 2.75) is 51.3 Å². The van der Waals surface area contributed by atoms with Crippen LogP contribution in [0.5, 0.6) is 0 Å². The van der Waals surface area contributed by atoms with Crippen molar-refractivity contribution in [3.63, 3.8) is 0 Å². The molecule has 3 heterocycles. The van der Waals surface area contributed by atoms with Crippen LogP contribution in [0.3, 0.4) is 0 Å². The summed E-state index contributed by atoms with van der Waals surface area (Å²) >= 11 is 1.75. The van der Waals surface area contributed by atoms with E-state index in [9.17, 15) is 0 Å². The SMILES string of the molecule is CCc1nc(CN2CC[C@@H]3CC[C@@]32c2nnc(COC)o2)cs1. The van der Waals surface area contributed by atoms with E-state index in [0.717, 1.165) is 37.5 Å². The maximum Gasteiger partial charge on any atom is 0.242 e. The Morgan fingerprint density at radius 1 is 1.43 bits per heavy atom. The number of hydrogen-bond acceptors (Lipinski definition) is 7. The lowest BCUT2D eigenvalue weighted by Crippen LogP contribution is -2.51. The summed E-state index contributed by atoms with van der Waals surface area (Å²) in [6, 6.07) is 0. The Labute approximate surface area is 139 Å². The van der Waals surface area contributed by atoms with Crippen molar-refractivity contribution in [1.82, 2.24) is 20.1 Å². The minimum Gasteiger partial charge on any atom is -0.421 e. The number of thiazole rings is 1. The van der Waals surface area contributed by atoms with Gasteiger partial charge >= 0.3 is 0 Å². The predicted octanol–water partition coefficient (Wildman–Crippen LogP) is 2.75. The highest BCUT2D eigenvalue weighted by molar-refractivity contribution is 7.09. The van der Waals surface area contributed by atoms with Crippen LogP contribution in [-0.4, -0.2) is 33.7 Å². The molecule has 1 saturated heterocycles. The molecular weight excluding hydrogens is 312 g/mol. The van der Waals surface area contributed by atoms with Gasteiger partial charge in [0.1, 0.15) is 12.1 Å². The summed E-state index contributed by atoms with van der Waals surface area (Å²) in [7, 11) is 1.64. The van der Waals surface area contributed by atoms with Crippen LogP contribution in [0.4, 0.5) is 0 Å². The second kappa shape index (κ2) is 5.96. The number of aromatic nitrogens is 3. The fraction of sp³-hybridized carbons (Fsp3) is 0.688. The lowest BCUT2D eigenvalue weighted by molar-refractivity contribution is -0.0179. The summed E-state index contributed by atoms with van der Waals surface area (Å²) in [6.45, 7) is 4.47. The number of hydrogen-bond donors (Lipinski definition) is 0. The topological polar surface area (TPSA) is 64.3 Å². The Bertz CT molecular complexity index is 685. The normalized spacial score (nSPS) is 27.1. The first-order valence-electron chi connectivity index (χ1n) is 8.26. The molecule has 124 valence electrons. The van der Waals surface area contributed by atoms with E-state index in [2.05, 4.69) is 27.4 Å². The van der Waals surface area contributed by atoms with Crippen LogP contribution < -0.4 is 0 Å². The van der Waals surface area contributed by atoms with E-state index in [1.54, 1.807) is 18.4 Å². The molecule has 23 heavy (non-hydrogen) atoms. The number of aryl methyl sites for hydroxylation is 1. The zero-order valence-electron chi connectivity index (χ0n) is 13.6. The summed E-state index contributed by atoms with van der Waals surface area (Å²) in [5, 5.41) is 11.9. The minimum absolute atomic E-state index is 0.0744. The van der Waals surface area contributed by atoms with Gasteiger partial charge in [0.05, 0.1) is 10.7 Å². The zero-order chi connectivity index (χ0) is 15.9. The molecule has 2 aliphatic rings. The molecule has 2 atom stereocenters. The zero-order valence-corrected chi connectivity index (χ0v) is 14.4. The maximum atomic E-state index is 5.92. The van der Waals surface area contributed by atoms with Gasteiger partial charge in [-0.25, -0.2) is 4.98 Å². The van der Waals surface area contributed by atoms with Crippen LogP contribution in [0, 0.1) is 5.92 Å². The molecule has 0 bridgehead atoms. The number of nitrogens with zero attached hydrogens (tertiary/aromatic N) is 4. The van der Waals surface area contributed by atoms with Crippen molar-refractivity contribution in [2.75, 3.05) is 13.7 Å². The molecule has 0 unspecified atom stereocenters. The van der Waals surface area contributed by atoms with Crippen molar-refractivity contribution in [2.24, 2.45) is 5.92 Å². The fourth-order valence-electron chi connectivity index (χ4n) is 3.96. The van der Waals surface area contributed by atoms with E-state index in [-0.39, 0.29) is 5.54 Å². The smallest absolute Gasteiger partial charge is 0.242 e. The Balaban J connectivity index is 1.58. The molecule has 0 N–H and O–H groups in total. The fourth-order valence-corrected chi connectivity index (χ4v) is 4.70. The Morgan fingerprint density at radius 2 is 2.35 bits per heavy atom. The Morgan fingerprint density at radius 3 is 3.04 bits per heavy atom. The predicted molar refractivity (Wildman–Crippen MR) is 85.9 cm³/mol. The molecule has 2 aromatic rings. The van der Waals surface area contributed by atoms with E-state index < -0.39 is 0 Å². The number of ether oxygens (including phenoxy) is 1. The second-order valence-corrected chi connectivity index (χ2v) is 7.33. The third-order valence-corrected chi connectivity index (χ3v) is 6.26. The Kier molecular flexibility index (Phi) is 3.95. The number of likely N-dealkylation sites (tertiary alicyclic amines) is 1. The van der Waals surface area contributed by atoms with Gasteiger partial charge in [0.15, 0.2) is 0 Å². The molecular formula is C16H22N4O2S. The molecule has 0 spiro atoms. The van der Waals surface area contributed by atoms with Gasteiger partial charge < -0.3 is 9.15 Å². The van der Waals surface area contributed by atoms with Crippen LogP contribution in [0.15, 0.2) is 9.80 Å². The van der Waals surface area contributed by atoms with Gasteiger partial charge in [0, 0.05) is 19.0 Å². The van der Waals surface area contributed by atoms with Gasteiger partial charge in [-0.05, 0) is 38.1 Å². The highest BCUT2D eigenvalue weighted by atomic mass is 32.1. The van der Waals surface area contributed by atoms with Crippen LogP contribution in [0.2, 0.25) is 0 Å². The average Bonchev–Trinajstić information content (AvgIpc) is 3.21. The van der Waals surface area contributed by atoms with Crippen molar-refractivity contribution in [1.29, 1.82) is 0 Å². The third-order valence-electron chi connectivity index (χ3n) is 5.22. The van der Waals surface area contributed by atoms with Crippen molar-refractivity contribution < 1.29 is 9.15 Å². The van der Waals surface area contributed by atoms with Crippen LogP contribution in [0.25, 0.3) is 0 Å². The van der Waals surface area contributed by atoms with Crippen molar-refractivity contribution >= 4 is 11.3 Å². The first-order valence-corrected chi connectivity index (χ1v) is 9.14. The molecule has 7 heteroatoms. The number of fused-ring (bicyclic) bond motifs is 1. The van der Waals surface area contributed by atoms with Crippen LogP contribution in [0.1, 0.15) is 48.7 Å². The lowest BCUT2D eigenvalue weighted by Gasteiger charge is -2.47. The van der Waals surface area contributed by atoms with Gasteiger partial charge in [-0.3, -0.25) is 4.90 Å². The summed E-state index contributed by atoms with van der Waals surface area (Å²) in [4.78, 5) is 7.23. The highest BCUT2D eigenvalue weighted by Gasteiger charge is 2.59. The van der Waals surface area contributed by atoms with Gasteiger partial charge in [0.25, 0.3) is 0 Å². The van der Waals surface area contributed by atoms with Gasteiger partial charge in [-0.2, -0.15) is 0 Å². The third kappa shape index (κ3) is 2.42. The quantitative estimate of drug-likeness (QED) is 0.809. The summed E-state index contributed by atoms with van der Waals surface area (Å²) in [6.07, 6.45) is 4.54. The standard InChI is InChI=1S/C16H22N4O2S/c1-3-14-17-12(10-23-14)8-20-7-5-11-4-6-16(11,20)15-19-18-13(22-15)9-21-2/h10-11H,3-9H2,1-2H3/t11-,16-/m0/s1. The summed E-state index contributed by atoms with van der Waals surface area (Å²) in [5.74, 6) is 1.96. The van der Waals surface area contributed by atoms with E-state index >= 15 is 0 Å². The first-order chi connectivity index (χ1) is 11.3. The molecule has 1 aliphatic carbocycles. The molecule has 0 aromatic carbocycles. The largest absolute Gasteiger partial charge is 0.421 e. The number of rotatable bonds is 6. The molecule has 0 amide bonds. The van der Waals surface area contributed by atoms with E-state index in [1.807, 2.05) is 0 Å². The van der Waals surface area contributed by atoms with Crippen molar-refractivity contribution in [3.8, 4) is 0 Å². The molecule has 6 nitrogen and oxygen atoms in total. The molecule has 4 rings (SSSR count).